The van der Waals surface area contributed by atoms with Crippen molar-refractivity contribution in [1.82, 2.24) is 0 Å². The molecule has 0 N–H and O–H groups in total. The molecule has 0 aliphatic heterocycles. The van der Waals surface area contributed by atoms with Crippen molar-refractivity contribution in [2.24, 2.45) is 0 Å². The highest BCUT2D eigenvalue weighted by Gasteiger charge is 2.15. The summed E-state index contributed by atoms with van der Waals surface area (Å²) in [6.45, 7) is 2.14. The normalized spacial score (nSPS) is 10.4. The summed E-state index contributed by atoms with van der Waals surface area (Å²) in [6.07, 6.45) is 2.25. The molecule has 0 atom stereocenters. The van der Waals surface area contributed by atoms with Gasteiger partial charge in [-0.3, -0.25) is 0 Å². The van der Waals surface area contributed by atoms with Gasteiger partial charge in [-0.05, 0) is 17.2 Å². The molecule has 0 unspecified atom stereocenters. The Labute approximate surface area is 153 Å². The van der Waals surface area contributed by atoms with E-state index >= 15 is 0 Å². The third kappa shape index (κ3) is 2.98. The average molecular weight is 376 g/mol. The van der Waals surface area contributed by atoms with Crippen LogP contribution in [0, 0.1) is 6.92 Å². The topological polar surface area (TPSA) is 4.10 Å². The van der Waals surface area contributed by atoms with Gasteiger partial charge in [-0.25, -0.2) is 0 Å². The van der Waals surface area contributed by atoms with Gasteiger partial charge in [0.05, 0.1) is 5.56 Å². The predicted octanol–water partition coefficient (Wildman–Crippen LogP) is 2.07. The van der Waals surface area contributed by atoms with E-state index in [0.29, 0.717) is 0 Å². The van der Waals surface area contributed by atoms with Crippen molar-refractivity contribution in [1.29, 1.82) is 0 Å². The number of nitrogens with zero attached hydrogens (tertiary/aromatic N) is 1. The minimum Gasteiger partial charge on any atom is -1.00 e. The Kier molecular flexibility index (Phi) is 4.77. The number of fused-ring (bicyclic) bond motifs is 1. The molecule has 0 saturated heterocycles. The van der Waals surface area contributed by atoms with Gasteiger partial charge in [-0.1, -0.05) is 60.7 Å². The lowest BCUT2D eigenvalue weighted by molar-refractivity contribution is -0.519. The number of hydrogen-bond donors (Lipinski definition) is 0. The lowest BCUT2D eigenvalue weighted by atomic mass is 9.95. The standard InChI is InChI=1S/C22H18N.BrH/c1-17-9-8-14-20-15-21(18-10-4-2-5-11-18)22(16-23(17)20)19-12-6-3-7-13-19;/h2-16H,1H3;1H/q+1;/p-1. The number of benzene rings is 2. The van der Waals surface area contributed by atoms with Crippen LogP contribution in [-0.2, 0) is 0 Å². The third-order valence-electron chi connectivity index (χ3n) is 4.27. The minimum atomic E-state index is 0. The molecule has 118 valence electrons. The molecule has 4 aromatic rings. The van der Waals surface area contributed by atoms with E-state index in [1.54, 1.807) is 0 Å². The summed E-state index contributed by atoms with van der Waals surface area (Å²) in [6, 6.07) is 29.9. The smallest absolute Gasteiger partial charge is 0.211 e. The maximum Gasteiger partial charge on any atom is 0.211 e. The fourth-order valence-corrected chi connectivity index (χ4v) is 3.07. The first kappa shape index (κ1) is 16.4. The first-order chi connectivity index (χ1) is 11.3. The molecule has 0 amide bonds. The van der Waals surface area contributed by atoms with Gasteiger partial charge < -0.3 is 17.0 Å². The fraction of sp³-hybridized carbons (Fsp3) is 0.0455. The quantitative estimate of drug-likeness (QED) is 0.472. The Morgan fingerprint density at radius 2 is 1.21 bits per heavy atom. The van der Waals surface area contributed by atoms with Gasteiger partial charge in [0.15, 0.2) is 11.9 Å². The summed E-state index contributed by atoms with van der Waals surface area (Å²) in [4.78, 5) is 0. The van der Waals surface area contributed by atoms with Crippen LogP contribution in [0.25, 0.3) is 27.8 Å². The van der Waals surface area contributed by atoms with Crippen LogP contribution in [0.15, 0.2) is 91.1 Å². The van der Waals surface area contributed by atoms with Crippen molar-refractivity contribution >= 4 is 5.52 Å². The van der Waals surface area contributed by atoms with Crippen molar-refractivity contribution in [2.45, 2.75) is 6.92 Å². The third-order valence-corrected chi connectivity index (χ3v) is 4.27. The van der Waals surface area contributed by atoms with Gasteiger partial charge in [0.1, 0.15) is 0 Å². The van der Waals surface area contributed by atoms with Gasteiger partial charge >= 0.3 is 0 Å². The number of pyridine rings is 2. The summed E-state index contributed by atoms with van der Waals surface area (Å²) < 4.78 is 2.26. The SMILES string of the molecule is Cc1cccc2cc(-c3ccccc3)c(-c3ccccc3)c[n+]12.[Br-]. The van der Waals surface area contributed by atoms with Crippen LogP contribution in [0.3, 0.4) is 0 Å². The summed E-state index contributed by atoms with van der Waals surface area (Å²) in [5.41, 5.74) is 7.45. The fourth-order valence-electron chi connectivity index (χ4n) is 3.07. The first-order valence-electron chi connectivity index (χ1n) is 7.89. The zero-order chi connectivity index (χ0) is 15.6. The summed E-state index contributed by atoms with van der Waals surface area (Å²) in [5, 5.41) is 0. The number of halogens is 1. The summed E-state index contributed by atoms with van der Waals surface area (Å²) in [7, 11) is 0. The molecule has 0 aliphatic carbocycles. The second kappa shape index (κ2) is 6.98. The highest BCUT2D eigenvalue weighted by molar-refractivity contribution is 5.84. The van der Waals surface area contributed by atoms with Crippen LogP contribution in [0.5, 0.6) is 0 Å². The van der Waals surface area contributed by atoms with Gasteiger partial charge in [-0.15, -0.1) is 0 Å². The van der Waals surface area contributed by atoms with Crippen molar-refractivity contribution in [3.05, 3.63) is 96.8 Å². The van der Waals surface area contributed by atoms with Gasteiger partial charge in [0.25, 0.3) is 0 Å². The molecule has 1 nitrogen and oxygen atoms in total. The minimum absolute atomic E-state index is 0. The Morgan fingerprint density at radius 1 is 0.625 bits per heavy atom. The maximum absolute atomic E-state index is 2.28. The number of aryl methyl sites for hydroxylation is 1. The number of rotatable bonds is 2. The molecule has 0 radical (unpaired) electrons. The molecular formula is C22H18BrN. The molecule has 0 spiro atoms. The first-order valence-corrected chi connectivity index (χ1v) is 7.89. The van der Waals surface area contributed by atoms with Crippen molar-refractivity contribution in [3.63, 3.8) is 0 Å². The Bertz CT molecular complexity index is 963. The second-order valence-electron chi connectivity index (χ2n) is 5.79. The molecular weight excluding hydrogens is 358 g/mol. The van der Waals surface area contributed by atoms with Crippen LogP contribution < -0.4 is 21.4 Å². The van der Waals surface area contributed by atoms with Crippen molar-refractivity contribution in [3.8, 4) is 22.3 Å². The monoisotopic (exact) mass is 375 g/mol. The van der Waals surface area contributed by atoms with Crippen LogP contribution in [-0.4, -0.2) is 0 Å². The van der Waals surface area contributed by atoms with E-state index in [4.69, 9.17) is 0 Å². The van der Waals surface area contributed by atoms with Crippen LogP contribution in [0.2, 0.25) is 0 Å². The van der Waals surface area contributed by atoms with Crippen molar-refractivity contribution < 1.29 is 21.4 Å². The average Bonchev–Trinajstić information content (AvgIpc) is 2.63. The molecule has 0 fully saturated rings. The summed E-state index contributed by atoms with van der Waals surface area (Å²) >= 11 is 0. The van der Waals surface area contributed by atoms with Gasteiger partial charge in [-0.2, -0.15) is 4.40 Å². The van der Waals surface area contributed by atoms with Crippen LogP contribution in [0.1, 0.15) is 5.69 Å². The molecule has 2 aromatic carbocycles. The van der Waals surface area contributed by atoms with E-state index in [1.807, 2.05) is 0 Å². The summed E-state index contributed by atoms with van der Waals surface area (Å²) in [5.74, 6) is 0. The molecule has 0 aliphatic rings. The Balaban J connectivity index is 0.00000169. The van der Waals surface area contributed by atoms with Crippen LogP contribution >= 0.6 is 0 Å². The highest BCUT2D eigenvalue weighted by Crippen LogP contribution is 2.31. The molecule has 4 rings (SSSR count). The van der Waals surface area contributed by atoms with Crippen LogP contribution in [0.4, 0.5) is 0 Å². The number of aromatic nitrogens is 1. The molecule has 2 heteroatoms. The van der Waals surface area contributed by atoms with E-state index in [0.717, 1.165) is 0 Å². The van der Waals surface area contributed by atoms with Gasteiger partial charge in [0.2, 0.25) is 5.52 Å². The van der Waals surface area contributed by atoms with E-state index in [9.17, 15) is 0 Å². The molecule has 2 aromatic heterocycles. The lowest BCUT2D eigenvalue weighted by Gasteiger charge is -2.09. The maximum atomic E-state index is 2.28. The van der Waals surface area contributed by atoms with Crippen molar-refractivity contribution in [2.75, 3.05) is 0 Å². The lowest BCUT2D eigenvalue weighted by Crippen LogP contribution is -3.00. The second-order valence-corrected chi connectivity index (χ2v) is 5.79. The van der Waals surface area contributed by atoms with E-state index in [1.165, 1.54) is 33.5 Å². The number of hydrogen-bond acceptors (Lipinski definition) is 0. The largest absolute Gasteiger partial charge is 1.00 e. The highest BCUT2D eigenvalue weighted by atomic mass is 79.9. The zero-order valence-electron chi connectivity index (χ0n) is 13.5. The molecule has 0 bridgehead atoms. The van der Waals surface area contributed by atoms with E-state index in [-0.39, 0.29) is 17.0 Å². The molecule has 24 heavy (non-hydrogen) atoms. The van der Waals surface area contributed by atoms with E-state index < -0.39 is 0 Å². The Morgan fingerprint density at radius 3 is 1.83 bits per heavy atom. The predicted molar refractivity (Wildman–Crippen MR) is 95.2 cm³/mol. The molecule has 0 saturated carbocycles. The van der Waals surface area contributed by atoms with Gasteiger partial charge in [0, 0.05) is 30.7 Å². The van der Waals surface area contributed by atoms with E-state index in [2.05, 4.69) is 102 Å². The molecule has 2 heterocycles. The zero-order valence-corrected chi connectivity index (χ0v) is 15.1. The Hall–Kier alpha value is -2.45.